The predicted molar refractivity (Wildman–Crippen MR) is 83.0 cm³/mol. The average Bonchev–Trinajstić information content (AvgIpc) is 2.55. The van der Waals surface area contributed by atoms with E-state index in [1.165, 1.54) is 0 Å². The standard InChI is InChI=1S/C16H16N4O/c21-10-4-9-18-16-13-6-1-2-7-14(13)19-15(20-16)12-5-3-8-17-11-12/h1-3,5-8,11,21H,4,9-10H2,(H,18,19,20). The van der Waals surface area contributed by atoms with Crippen molar-refractivity contribution in [3.05, 3.63) is 48.8 Å². The molecule has 106 valence electrons. The fourth-order valence-electron chi connectivity index (χ4n) is 2.12. The molecular weight excluding hydrogens is 264 g/mol. The Morgan fingerprint density at radius 1 is 1.05 bits per heavy atom. The lowest BCUT2D eigenvalue weighted by Crippen LogP contribution is -2.07. The number of nitrogens with one attached hydrogen (secondary N) is 1. The van der Waals surface area contributed by atoms with Crippen molar-refractivity contribution in [3.8, 4) is 11.4 Å². The minimum absolute atomic E-state index is 0.158. The summed E-state index contributed by atoms with van der Waals surface area (Å²) in [5.41, 5.74) is 1.77. The maximum atomic E-state index is 8.91. The summed E-state index contributed by atoms with van der Waals surface area (Å²) in [6, 6.07) is 11.7. The lowest BCUT2D eigenvalue weighted by Gasteiger charge is -2.10. The number of hydrogen-bond donors (Lipinski definition) is 2. The number of aromatic nitrogens is 3. The van der Waals surface area contributed by atoms with Crippen LogP contribution < -0.4 is 5.32 Å². The Morgan fingerprint density at radius 2 is 1.95 bits per heavy atom. The van der Waals surface area contributed by atoms with Crippen molar-refractivity contribution < 1.29 is 5.11 Å². The first-order valence-electron chi connectivity index (χ1n) is 6.90. The summed E-state index contributed by atoms with van der Waals surface area (Å²) in [6.45, 7) is 0.829. The van der Waals surface area contributed by atoms with Gasteiger partial charge in [-0.05, 0) is 30.7 Å². The van der Waals surface area contributed by atoms with E-state index in [-0.39, 0.29) is 6.61 Å². The van der Waals surface area contributed by atoms with E-state index in [1.54, 1.807) is 12.4 Å². The summed E-state index contributed by atoms with van der Waals surface area (Å²) in [5, 5.41) is 13.2. The average molecular weight is 280 g/mol. The normalized spacial score (nSPS) is 10.7. The van der Waals surface area contributed by atoms with Gasteiger partial charge in [0.05, 0.1) is 5.52 Å². The second kappa shape index (κ2) is 6.28. The van der Waals surface area contributed by atoms with Gasteiger partial charge in [-0.25, -0.2) is 9.97 Å². The first-order chi connectivity index (χ1) is 10.4. The summed E-state index contributed by atoms with van der Waals surface area (Å²) >= 11 is 0. The highest BCUT2D eigenvalue weighted by Crippen LogP contribution is 2.24. The Balaban J connectivity index is 2.06. The van der Waals surface area contributed by atoms with Crippen molar-refractivity contribution >= 4 is 16.7 Å². The molecule has 0 bridgehead atoms. The highest BCUT2D eigenvalue weighted by Gasteiger charge is 2.08. The lowest BCUT2D eigenvalue weighted by atomic mass is 10.2. The molecule has 2 aromatic heterocycles. The topological polar surface area (TPSA) is 70.9 Å². The molecule has 2 heterocycles. The molecule has 21 heavy (non-hydrogen) atoms. The molecule has 3 aromatic rings. The summed E-state index contributed by atoms with van der Waals surface area (Å²) in [5.74, 6) is 1.43. The molecule has 0 saturated carbocycles. The van der Waals surface area contributed by atoms with Gasteiger partial charge in [0.1, 0.15) is 5.82 Å². The molecule has 5 heteroatoms. The van der Waals surface area contributed by atoms with E-state index in [4.69, 9.17) is 5.11 Å². The highest BCUT2D eigenvalue weighted by molar-refractivity contribution is 5.90. The summed E-state index contributed by atoms with van der Waals surface area (Å²) in [4.78, 5) is 13.3. The van der Waals surface area contributed by atoms with Gasteiger partial charge < -0.3 is 10.4 Å². The van der Waals surface area contributed by atoms with Gasteiger partial charge in [0.2, 0.25) is 0 Å². The number of aliphatic hydroxyl groups excluding tert-OH is 1. The van der Waals surface area contributed by atoms with Crippen LogP contribution in [0.1, 0.15) is 6.42 Å². The second-order valence-corrected chi connectivity index (χ2v) is 4.66. The van der Waals surface area contributed by atoms with Crippen molar-refractivity contribution in [1.82, 2.24) is 15.0 Å². The number of rotatable bonds is 5. The van der Waals surface area contributed by atoms with Gasteiger partial charge in [-0.2, -0.15) is 0 Å². The second-order valence-electron chi connectivity index (χ2n) is 4.66. The Labute approximate surface area is 122 Å². The van der Waals surface area contributed by atoms with Gasteiger partial charge in [0, 0.05) is 36.5 Å². The minimum atomic E-state index is 0.158. The van der Waals surface area contributed by atoms with Crippen molar-refractivity contribution in [2.45, 2.75) is 6.42 Å². The molecule has 0 atom stereocenters. The molecule has 5 nitrogen and oxygen atoms in total. The number of benzene rings is 1. The van der Waals surface area contributed by atoms with Crippen molar-refractivity contribution in [2.75, 3.05) is 18.5 Å². The van der Waals surface area contributed by atoms with Crippen LogP contribution in [0.25, 0.3) is 22.3 Å². The highest BCUT2D eigenvalue weighted by atomic mass is 16.3. The van der Waals surface area contributed by atoms with Crippen molar-refractivity contribution in [2.24, 2.45) is 0 Å². The van der Waals surface area contributed by atoms with E-state index in [1.807, 2.05) is 36.4 Å². The zero-order valence-corrected chi connectivity index (χ0v) is 11.5. The number of hydrogen-bond acceptors (Lipinski definition) is 5. The fraction of sp³-hybridized carbons (Fsp3) is 0.188. The van der Waals surface area contributed by atoms with Crippen LogP contribution in [-0.4, -0.2) is 33.2 Å². The van der Waals surface area contributed by atoms with E-state index in [2.05, 4.69) is 20.3 Å². The van der Waals surface area contributed by atoms with Gasteiger partial charge in [-0.1, -0.05) is 12.1 Å². The van der Waals surface area contributed by atoms with Crippen molar-refractivity contribution in [1.29, 1.82) is 0 Å². The first kappa shape index (κ1) is 13.5. The van der Waals surface area contributed by atoms with Gasteiger partial charge in [-0.3, -0.25) is 4.98 Å². The van der Waals surface area contributed by atoms with Gasteiger partial charge in [0.15, 0.2) is 5.82 Å². The molecule has 3 rings (SSSR count). The van der Waals surface area contributed by atoms with Crippen LogP contribution in [-0.2, 0) is 0 Å². The molecule has 0 unspecified atom stereocenters. The summed E-state index contributed by atoms with van der Waals surface area (Å²) in [7, 11) is 0. The SMILES string of the molecule is OCCCNc1nc(-c2cccnc2)nc2ccccc12. The third kappa shape index (κ3) is 2.98. The Bertz CT molecular complexity index is 731. The number of pyridine rings is 1. The van der Waals surface area contributed by atoms with Crippen LogP contribution in [0.15, 0.2) is 48.8 Å². The molecule has 0 radical (unpaired) electrons. The first-order valence-corrected chi connectivity index (χ1v) is 6.90. The maximum absolute atomic E-state index is 8.91. The number of aliphatic hydroxyl groups is 1. The van der Waals surface area contributed by atoms with Gasteiger partial charge in [-0.15, -0.1) is 0 Å². The quantitative estimate of drug-likeness (QED) is 0.703. The van der Waals surface area contributed by atoms with Crippen molar-refractivity contribution in [3.63, 3.8) is 0 Å². The third-order valence-corrected chi connectivity index (χ3v) is 3.15. The van der Waals surface area contributed by atoms with Gasteiger partial charge in [0.25, 0.3) is 0 Å². The molecule has 2 N–H and O–H groups in total. The summed E-state index contributed by atoms with van der Waals surface area (Å²) < 4.78 is 0. The number of anilines is 1. The van der Waals surface area contributed by atoms with E-state index >= 15 is 0 Å². The number of fused-ring (bicyclic) bond motifs is 1. The molecule has 1 aromatic carbocycles. The molecule has 0 aliphatic heterocycles. The monoisotopic (exact) mass is 280 g/mol. The van der Waals surface area contributed by atoms with Crippen LogP contribution >= 0.6 is 0 Å². The van der Waals surface area contributed by atoms with E-state index in [9.17, 15) is 0 Å². The molecule has 0 aliphatic carbocycles. The van der Waals surface area contributed by atoms with E-state index in [0.29, 0.717) is 18.8 Å². The van der Waals surface area contributed by atoms with E-state index < -0.39 is 0 Å². The Morgan fingerprint density at radius 3 is 2.76 bits per heavy atom. The molecular formula is C16H16N4O. The predicted octanol–water partition coefficient (Wildman–Crippen LogP) is 2.49. The summed E-state index contributed by atoms with van der Waals surface area (Å²) in [6.07, 6.45) is 4.16. The smallest absolute Gasteiger partial charge is 0.163 e. The molecule has 0 amide bonds. The third-order valence-electron chi connectivity index (χ3n) is 3.15. The molecule has 0 fully saturated rings. The van der Waals surface area contributed by atoms with Gasteiger partial charge >= 0.3 is 0 Å². The number of nitrogens with zero attached hydrogens (tertiary/aromatic N) is 3. The lowest BCUT2D eigenvalue weighted by molar-refractivity contribution is 0.292. The maximum Gasteiger partial charge on any atom is 0.163 e. The zero-order valence-electron chi connectivity index (χ0n) is 11.5. The fourth-order valence-corrected chi connectivity index (χ4v) is 2.12. The molecule has 0 saturated heterocycles. The largest absolute Gasteiger partial charge is 0.396 e. The van der Waals surface area contributed by atoms with Crippen LogP contribution in [0.3, 0.4) is 0 Å². The Hall–Kier alpha value is -2.53. The van der Waals surface area contributed by atoms with E-state index in [0.717, 1.165) is 22.3 Å². The molecule has 0 aliphatic rings. The van der Waals surface area contributed by atoms with Crippen LogP contribution in [0.2, 0.25) is 0 Å². The zero-order chi connectivity index (χ0) is 14.5. The number of para-hydroxylation sites is 1. The van der Waals surface area contributed by atoms with Crippen LogP contribution in [0.5, 0.6) is 0 Å². The van der Waals surface area contributed by atoms with Crippen LogP contribution in [0, 0.1) is 0 Å². The minimum Gasteiger partial charge on any atom is -0.396 e. The van der Waals surface area contributed by atoms with Crippen LogP contribution in [0.4, 0.5) is 5.82 Å². The molecule has 0 spiro atoms. The Kier molecular flexibility index (Phi) is 4.02.